The lowest BCUT2D eigenvalue weighted by Gasteiger charge is -2.27. The first kappa shape index (κ1) is 21.5. The number of ether oxygens (including phenoxy) is 1. The highest BCUT2D eigenvalue weighted by atomic mass is 16.5. The van der Waals surface area contributed by atoms with Crippen LogP contribution < -0.4 is 10.5 Å². The Labute approximate surface area is 199 Å². The van der Waals surface area contributed by atoms with Gasteiger partial charge in [0.05, 0.1) is 13.7 Å². The molecule has 5 heteroatoms. The van der Waals surface area contributed by atoms with Gasteiger partial charge in [-0.2, -0.15) is 0 Å². The van der Waals surface area contributed by atoms with Crippen LogP contribution in [0.4, 0.5) is 0 Å². The van der Waals surface area contributed by atoms with Gasteiger partial charge in [-0.25, -0.2) is 4.99 Å². The van der Waals surface area contributed by atoms with Gasteiger partial charge in [-0.1, -0.05) is 91.0 Å². The monoisotopic (exact) mass is 447 g/mol. The van der Waals surface area contributed by atoms with Crippen LogP contribution >= 0.6 is 0 Å². The molecule has 0 radical (unpaired) electrons. The Bertz CT molecular complexity index is 1310. The largest absolute Gasteiger partial charge is 0.497 e. The molecule has 0 fully saturated rings. The number of nitrogens with zero attached hydrogens (tertiary/aromatic N) is 2. The first-order chi connectivity index (χ1) is 16.6. The van der Waals surface area contributed by atoms with Crippen molar-refractivity contribution in [1.82, 2.24) is 4.90 Å². The topological polar surface area (TPSA) is 67.9 Å². The van der Waals surface area contributed by atoms with Gasteiger partial charge in [-0.05, 0) is 46.0 Å². The third-order valence-electron chi connectivity index (χ3n) is 6.17. The summed E-state index contributed by atoms with van der Waals surface area (Å²) in [6, 6.07) is 35.2. The van der Waals surface area contributed by atoms with E-state index in [2.05, 4.69) is 6.07 Å². The number of methoxy groups -OCH3 is 1. The van der Waals surface area contributed by atoms with E-state index >= 15 is 0 Å². The van der Waals surface area contributed by atoms with Gasteiger partial charge in [0.15, 0.2) is 11.5 Å². The van der Waals surface area contributed by atoms with E-state index in [9.17, 15) is 4.79 Å². The lowest BCUT2D eigenvalue weighted by atomic mass is 9.83. The average molecular weight is 448 g/mol. The van der Waals surface area contributed by atoms with E-state index in [-0.39, 0.29) is 11.9 Å². The van der Waals surface area contributed by atoms with Gasteiger partial charge in [0.2, 0.25) is 0 Å². The highest BCUT2D eigenvalue weighted by Gasteiger charge is 2.50. The van der Waals surface area contributed by atoms with Crippen molar-refractivity contribution in [2.24, 2.45) is 10.7 Å². The summed E-state index contributed by atoms with van der Waals surface area (Å²) in [5, 5.41) is 0. The Hall–Kier alpha value is -4.38. The fourth-order valence-electron chi connectivity index (χ4n) is 4.47. The molecule has 1 heterocycles. The molecule has 0 bridgehead atoms. The number of nitrogens with two attached hydrogens (primary N) is 1. The van der Waals surface area contributed by atoms with Gasteiger partial charge in [0.1, 0.15) is 5.75 Å². The number of aliphatic imine (C=N–C) groups is 1. The van der Waals surface area contributed by atoms with Crippen molar-refractivity contribution >= 4 is 11.9 Å². The second-order valence-electron chi connectivity index (χ2n) is 8.24. The number of benzene rings is 4. The van der Waals surface area contributed by atoms with E-state index in [0.29, 0.717) is 6.54 Å². The maximum Gasteiger partial charge on any atom is 0.266 e. The number of guanidine groups is 1. The van der Waals surface area contributed by atoms with Crippen LogP contribution in [0.15, 0.2) is 114 Å². The van der Waals surface area contributed by atoms with E-state index in [4.69, 9.17) is 15.5 Å². The van der Waals surface area contributed by atoms with Crippen molar-refractivity contribution < 1.29 is 9.53 Å². The molecule has 1 aliphatic rings. The maximum atomic E-state index is 14.0. The number of rotatable bonds is 6. The molecule has 0 aromatic heterocycles. The van der Waals surface area contributed by atoms with Crippen molar-refractivity contribution in [1.29, 1.82) is 0 Å². The second-order valence-corrected chi connectivity index (χ2v) is 8.24. The minimum Gasteiger partial charge on any atom is -0.497 e. The molecule has 0 unspecified atom stereocenters. The predicted octanol–water partition coefficient (Wildman–Crippen LogP) is 4.96. The molecule has 0 atom stereocenters. The third kappa shape index (κ3) is 3.71. The zero-order chi connectivity index (χ0) is 23.5. The molecule has 1 aliphatic heterocycles. The Morgan fingerprint density at radius 3 is 2.00 bits per heavy atom. The van der Waals surface area contributed by atoms with Crippen LogP contribution in [0.1, 0.15) is 16.7 Å². The summed E-state index contributed by atoms with van der Waals surface area (Å²) in [5.74, 6) is 0.850. The summed E-state index contributed by atoms with van der Waals surface area (Å²) >= 11 is 0. The van der Waals surface area contributed by atoms with Gasteiger partial charge >= 0.3 is 0 Å². The standard InChI is InChI=1S/C29H25N3O2/c1-34-26-17-9-12-23(19-26)22-11-8-10-21(18-22)20-32-27(33)29(31-28(32)30,24-13-4-2-5-14-24)25-15-6-3-7-16-25/h2-19H,20H2,1H3,(H2,30,31). The first-order valence-corrected chi connectivity index (χ1v) is 11.1. The molecule has 34 heavy (non-hydrogen) atoms. The van der Waals surface area contributed by atoms with Crippen molar-refractivity contribution in [2.45, 2.75) is 12.1 Å². The summed E-state index contributed by atoms with van der Waals surface area (Å²) in [4.78, 5) is 20.3. The Balaban J connectivity index is 1.51. The summed E-state index contributed by atoms with van der Waals surface area (Å²) in [6.07, 6.45) is 0. The minimum absolute atomic E-state index is 0.158. The van der Waals surface area contributed by atoms with Crippen LogP contribution in [0.25, 0.3) is 11.1 Å². The predicted molar refractivity (Wildman–Crippen MR) is 134 cm³/mol. The second kappa shape index (κ2) is 8.87. The summed E-state index contributed by atoms with van der Waals surface area (Å²) < 4.78 is 5.36. The quantitative estimate of drug-likeness (QED) is 0.454. The van der Waals surface area contributed by atoms with E-state index in [1.165, 1.54) is 0 Å². The molecule has 1 amide bonds. The van der Waals surface area contributed by atoms with E-state index in [0.717, 1.165) is 33.6 Å². The van der Waals surface area contributed by atoms with Crippen molar-refractivity contribution in [2.75, 3.05) is 7.11 Å². The Morgan fingerprint density at radius 2 is 1.38 bits per heavy atom. The van der Waals surface area contributed by atoms with Gasteiger partial charge in [-0.3, -0.25) is 9.69 Å². The Kier molecular flexibility index (Phi) is 5.60. The fraction of sp³-hybridized carbons (Fsp3) is 0.103. The van der Waals surface area contributed by atoms with Crippen molar-refractivity contribution in [3.8, 4) is 16.9 Å². The van der Waals surface area contributed by atoms with Crippen LogP contribution in [-0.2, 0) is 16.9 Å². The maximum absolute atomic E-state index is 14.0. The lowest BCUT2D eigenvalue weighted by Crippen LogP contribution is -2.43. The Morgan fingerprint density at radius 1 is 0.794 bits per heavy atom. The van der Waals surface area contributed by atoms with Gasteiger partial charge in [0, 0.05) is 0 Å². The number of hydrogen-bond donors (Lipinski definition) is 1. The van der Waals surface area contributed by atoms with Gasteiger partial charge in [-0.15, -0.1) is 0 Å². The molecular formula is C29H25N3O2. The van der Waals surface area contributed by atoms with Gasteiger partial charge < -0.3 is 10.5 Å². The average Bonchev–Trinajstić information content (AvgIpc) is 3.15. The lowest BCUT2D eigenvalue weighted by molar-refractivity contribution is -0.130. The zero-order valence-electron chi connectivity index (χ0n) is 18.9. The molecule has 4 aromatic rings. The molecular weight excluding hydrogens is 422 g/mol. The van der Waals surface area contributed by atoms with Crippen LogP contribution in [-0.4, -0.2) is 23.9 Å². The molecule has 2 N–H and O–H groups in total. The SMILES string of the molecule is COc1cccc(-c2cccc(CN3C(=O)C(c4ccccc4)(c4ccccc4)N=C3N)c2)c1. The molecule has 0 aliphatic carbocycles. The zero-order valence-corrected chi connectivity index (χ0v) is 18.9. The molecule has 4 aromatic carbocycles. The van der Waals surface area contributed by atoms with Crippen LogP contribution in [0, 0.1) is 0 Å². The molecule has 0 saturated heterocycles. The summed E-state index contributed by atoms with van der Waals surface area (Å²) in [6.45, 7) is 0.327. The number of hydrogen-bond acceptors (Lipinski definition) is 4. The minimum atomic E-state index is -1.20. The normalized spacial score (nSPS) is 14.7. The van der Waals surface area contributed by atoms with E-state index in [1.54, 1.807) is 12.0 Å². The van der Waals surface area contributed by atoms with Crippen LogP contribution in [0.3, 0.4) is 0 Å². The molecule has 5 rings (SSSR count). The van der Waals surface area contributed by atoms with Crippen LogP contribution in [0.5, 0.6) is 5.75 Å². The highest BCUT2D eigenvalue weighted by Crippen LogP contribution is 2.40. The molecule has 5 nitrogen and oxygen atoms in total. The highest BCUT2D eigenvalue weighted by molar-refractivity contribution is 6.09. The summed E-state index contributed by atoms with van der Waals surface area (Å²) in [7, 11) is 1.66. The molecule has 0 spiro atoms. The third-order valence-corrected chi connectivity index (χ3v) is 6.17. The van der Waals surface area contributed by atoms with Crippen molar-refractivity contribution in [3.05, 3.63) is 126 Å². The van der Waals surface area contributed by atoms with E-state index < -0.39 is 5.54 Å². The number of carbonyl (C=O) groups excluding carboxylic acids is 1. The first-order valence-electron chi connectivity index (χ1n) is 11.1. The number of carbonyl (C=O) groups is 1. The molecule has 0 saturated carbocycles. The summed E-state index contributed by atoms with van der Waals surface area (Å²) in [5.41, 5.74) is 9.82. The fourth-order valence-corrected chi connectivity index (χ4v) is 4.47. The van der Waals surface area contributed by atoms with E-state index in [1.807, 2.05) is 103 Å². The number of amides is 1. The van der Waals surface area contributed by atoms with Crippen molar-refractivity contribution in [3.63, 3.8) is 0 Å². The van der Waals surface area contributed by atoms with Gasteiger partial charge in [0.25, 0.3) is 5.91 Å². The molecule has 168 valence electrons. The smallest absolute Gasteiger partial charge is 0.266 e. The van der Waals surface area contributed by atoms with Crippen LogP contribution in [0.2, 0.25) is 0 Å².